The van der Waals surface area contributed by atoms with Gasteiger partial charge in [-0.2, -0.15) is 5.26 Å². The van der Waals surface area contributed by atoms with E-state index in [1.54, 1.807) is 36.4 Å². The molecule has 1 aromatic heterocycles. The first-order valence-electron chi connectivity index (χ1n) is 6.97. The molecule has 1 heterocycles. The molecule has 0 aliphatic carbocycles. The number of methoxy groups -OCH3 is 1. The van der Waals surface area contributed by atoms with Crippen molar-refractivity contribution in [1.29, 1.82) is 5.26 Å². The van der Waals surface area contributed by atoms with Crippen LogP contribution in [-0.2, 0) is 0 Å². The molecule has 3 rings (SSSR count). The van der Waals surface area contributed by atoms with Gasteiger partial charge in [0.1, 0.15) is 6.07 Å². The third-order valence-electron chi connectivity index (χ3n) is 3.42. The molecule has 3 aromatic rings. The van der Waals surface area contributed by atoms with Gasteiger partial charge in [0.05, 0.1) is 28.8 Å². The summed E-state index contributed by atoms with van der Waals surface area (Å²) in [7, 11) is 1.45. The monoisotopic (exact) mass is 338 g/mol. The molecule has 0 fully saturated rings. The number of hydrogen-bond acceptors (Lipinski definition) is 5. The minimum atomic E-state index is -0.506. The molecular weight excluding hydrogens is 328 g/mol. The van der Waals surface area contributed by atoms with Crippen LogP contribution >= 0.6 is 11.6 Å². The molecule has 0 saturated heterocycles. The molecule has 2 aromatic carbocycles. The lowest BCUT2D eigenvalue weighted by molar-refractivity contribution is 0.0730. The summed E-state index contributed by atoms with van der Waals surface area (Å²) >= 11 is 6.20. The summed E-state index contributed by atoms with van der Waals surface area (Å²) in [5, 5.41) is 9.86. The maximum Gasteiger partial charge on any atom is 0.343 e. The number of aromatic nitrogens is 1. The third kappa shape index (κ3) is 2.87. The molecule has 0 radical (unpaired) electrons. The van der Waals surface area contributed by atoms with Gasteiger partial charge in [-0.1, -0.05) is 29.8 Å². The molecule has 0 aliphatic rings. The minimum Gasteiger partial charge on any atom is -0.493 e. The number of nitriles is 1. The van der Waals surface area contributed by atoms with Gasteiger partial charge >= 0.3 is 5.97 Å². The fourth-order valence-corrected chi connectivity index (χ4v) is 2.46. The summed E-state index contributed by atoms with van der Waals surface area (Å²) in [6, 6.07) is 13.7. The number of nitrogens with zero attached hydrogens (tertiary/aromatic N) is 2. The highest BCUT2D eigenvalue weighted by Crippen LogP contribution is 2.36. The van der Waals surface area contributed by atoms with Gasteiger partial charge in [-0.05, 0) is 18.2 Å². The highest BCUT2D eigenvalue weighted by atomic mass is 35.5. The molecule has 6 heteroatoms. The maximum absolute atomic E-state index is 12.2. The van der Waals surface area contributed by atoms with Crippen molar-refractivity contribution in [3.63, 3.8) is 0 Å². The first-order chi connectivity index (χ1) is 11.6. The van der Waals surface area contributed by atoms with Gasteiger partial charge < -0.3 is 9.47 Å². The average molecular weight is 339 g/mol. The normalized spacial score (nSPS) is 10.2. The topological polar surface area (TPSA) is 72.2 Å². The number of halogens is 1. The molecule has 0 atom stereocenters. The molecule has 24 heavy (non-hydrogen) atoms. The maximum atomic E-state index is 12.2. The second-order valence-electron chi connectivity index (χ2n) is 4.87. The predicted molar refractivity (Wildman–Crippen MR) is 89.4 cm³/mol. The molecule has 5 nitrogen and oxygen atoms in total. The van der Waals surface area contributed by atoms with Crippen LogP contribution in [0.25, 0.3) is 10.9 Å². The van der Waals surface area contributed by atoms with Crippen LogP contribution in [0.15, 0.2) is 48.7 Å². The number of pyridine rings is 1. The zero-order valence-electron chi connectivity index (χ0n) is 12.6. The Morgan fingerprint density at radius 1 is 1.21 bits per heavy atom. The summed E-state index contributed by atoms with van der Waals surface area (Å²) in [5.74, 6) is 0.0469. The van der Waals surface area contributed by atoms with Crippen LogP contribution < -0.4 is 9.47 Å². The number of ether oxygens (including phenoxy) is 2. The second-order valence-corrected chi connectivity index (χ2v) is 5.25. The van der Waals surface area contributed by atoms with Crippen LogP contribution in [0, 0.1) is 11.3 Å². The Labute approximate surface area is 143 Å². The van der Waals surface area contributed by atoms with Gasteiger partial charge in [0.25, 0.3) is 0 Å². The van der Waals surface area contributed by atoms with Crippen molar-refractivity contribution in [2.45, 2.75) is 0 Å². The summed E-state index contributed by atoms with van der Waals surface area (Å²) in [6.07, 6.45) is 1.37. The van der Waals surface area contributed by atoms with Gasteiger partial charge in [-0.25, -0.2) is 4.79 Å². The molecular formula is C18H11ClN2O3. The van der Waals surface area contributed by atoms with Gasteiger partial charge in [0.2, 0.25) is 0 Å². The number of rotatable bonds is 3. The van der Waals surface area contributed by atoms with Crippen LogP contribution in [0.2, 0.25) is 5.02 Å². The Morgan fingerprint density at radius 3 is 2.62 bits per heavy atom. The smallest absolute Gasteiger partial charge is 0.343 e. The van der Waals surface area contributed by atoms with Crippen molar-refractivity contribution in [3.8, 4) is 17.6 Å². The van der Waals surface area contributed by atoms with Crippen LogP contribution in [0.1, 0.15) is 15.9 Å². The van der Waals surface area contributed by atoms with E-state index in [1.165, 1.54) is 13.3 Å². The van der Waals surface area contributed by atoms with E-state index < -0.39 is 5.97 Å². The van der Waals surface area contributed by atoms with E-state index in [0.717, 1.165) is 0 Å². The van der Waals surface area contributed by atoms with E-state index in [-0.39, 0.29) is 16.3 Å². The number of benzene rings is 2. The molecule has 0 amide bonds. The lowest BCUT2D eigenvalue weighted by atomic mass is 10.1. The minimum absolute atomic E-state index is 0.229. The number of hydrogen-bond donors (Lipinski definition) is 0. The quantitative estimate of drug-likeness (QED) is 0.533. The van der Waals surface area contributed by atoms with Crippen LogP contribution in [0.3, 0.4) is 0 Å². The number of carbonyl (C=O) groups is 1. The van der Waals surface area contributed by atoms with Crippen LogP contribution in [0.4, 0.5) is 0 Å². The Bertz CT molecular complexity index is 965. The zero-order chi connectivity index (χ0) is 17.1. The van der Waals surface area contributed by atoms with E-state index in [1.807, 2.05) is 12.1 Å². The number of carbonyl (C=O) groups excluding carboxylic acids is 1. The Hall–Kier alpha value is -3.10. The second kappa shape index (κ2) is 6.57. The molecule has 0 bridgehead atoms. The van der Waals surface area contributed by atoms with Gasteiger partial charge in [0.15, 0.2) is 11.5 Å². The highest BCUT2D eigenvalue weighted by Gasteiger charge is 2.16. The van der Waals surface area contributed by atoms with Crippen molar-refractivity contribution in [3.05, 3.63) is 64.8 Å². The lowest BCUT2D eigenvalue weighted by Gasteiger charge is -2.11. The fraction of sp³-hybridized carbons (Fsp3) is 0.0556. The number of fused-ring (bicyclic) bond motifs is 1. The Kier molecular flexibility index (Phi) is 4.32. The molecule has 0 N–H and O–H groups in total. The molecule has 0 aliphatic heterocycles. The van der Waals surface area contributed by atoms with Crippen molar-refractivity contribution in [2.75, 3.05) is 7.11 Å². The van der Waals surface area contributed by atoms with E-state index in [2.05, 4.69) is 4.98 Å². The van der Waals surface area contributed by atoms with Crippen molar-refractivity contribution in [2.24, 2.45) is 0 Å². The summed E-state index contributed by atoms with van der Waals surface area (Å²) in [5.41, 5.74) is 1.18. The van der Waals surface area contributed by atoms with E-state index in [0.29, 0.717) is 22.2 Å². The van der Waals surface area contributed by atoms with Crippen LogP contribution in [-0.4, -0.2) is 18.1 Å². The first-order valence-corrected chi connectivity index (χ1v) is 7.35. The summed E-state index contributed by atoms with van der Waals surface area (Å²) in [6.45, 7) is 0. The van der Waals surface area contributed by atoms with E-state index in [9.17, 15) is 4.79 Å². The average Bonchev–Trinajstić information content (AvgIpc) is 2.62. The zero-order valence-corrected chi connectivity index (χ0v) is 13.4. The highest BCUT2D eigenvalue weighted by molar-refractivity contribution is 6.36. The predicted octanol–water partition coefficient (Wildman–Crippen LogP) is 3.99. The summed E-state index contributed by atoms with van der Waals surface area (Å²) < 4.78 is 10.7. The largest absolute Gasteiger partial charge is 0.493 e. The van der Waals surface area contributed by atoms with E-state index in [4.69, 9.17) is 26.3 Å². The molecule has 118 valence electrons. The summed E-state index contributed by atoms with van der Waals surface area (Å²) in [4.78, 5) is 16.4. The van der Waals surface area contributed by atoms with E-state index >= 15 is 0 Å². The fourth-order valence-electron chi connectivity index (χ4n) is 2.22. The van der Waals surface area contributed by atoms with Crippen molar-refractivity contribution >= 4 is 28.5 Å². The molecule has 0 spiro atoms. The van der Waals surface area contributed by atoms with Crippen molar-refractivity contribution < 1.29 is 14.3 Å². The molecule has 0 saturated carbocycles. The van der Waals surface area contributed by atoms with Gasteiger partial charge in [0, 0.05) is 17.6 Å². The van der Waals surface area contributed by atoms with Crippen LogP contribution in [0.5, 0.6) is 11.5 Å². The third-order valence-corrected chi connectivity index (χ3v) is 3.83. The number of esters is 1. The standard InChI is InChI=1S/C18H11ClN2O3/c1-23-15-7-13-14(21-10-12(9-20)17(13)19)8-16(15)24-18(22)11-5-3-2-4-6-11/h2-8,10H,1H3. The Balaban J connectivity index is 2.05. The van der Waals surface area contributed by atoms with Gasteiger partial charge in [-0.3, -0.25) is 4.98 Å². The SMILES string of the molecule is COc1cc2c(Cl)c(C#N)cnc2cc1OC(=O)c1ccccc1. The van der Waals surface area contributed by atoms with Gasteiger partial charge in [-0.15, -0.1) is 0 Å². The van der Waals surface area contributed by atoms with Crippen molar-refractivity contribution in [1.82, 2.24) is 4.98 Å². The molecule has 0 unspecified atom stereocenters. The first kappa shape index (κ1) is 15.8. The lowest BCUT2D eigenvalue weighted by Crippen LogP contribution is -2.09. The Morgan fingerprint density at radius 2 is 1.96 bits per heavy atom.